The van der Waals surface area contributed by atoms with Crippen LogP contribution in [0.5, 0.6) is 11.5 Å². The molecule has 0 bridgehead atoms. The Kier molecular flexibility index (Phi) is 5.20. The molecule has 1 heterocycles. The third-order valence-electron chi connectivity index (χ3n) is 3.79. The number of rotatable bonds is 4. The normalized spacial score (nSPS) is 15.8. The van der Waals surface area contributed by atoms with Crippen molar-refractivity contribution in [2.24, 2.45) is 0 Å². The largest absolute Gasteiger partial charge is 0.504 e. The molecule has 1 saturated heterocycles. The number of para-hydroxylation sites is 1. The summed E-state index contributed by atoms with van der Waals surface area (Å²) >= 11 is 6.68. The molecule has 1 aliphatic rings. The molecule has 8 heteroatoms. The van der Waals surface area contributed by atoms with Crippen LogP contribution in [0.2, 0.25) is 5.02 Å². The van der Waals surface area contributed by atoms with Crippen LogP contribution < -0.4 is 4.74 Å². The SMILES string of the molecule is COc1cccc(/C=C2\SC(=O)N(Cc3c(F)cccc3Cl)C2=O)c1O. The van der Waals surface area contributed by atoms with E-state index in [0.717, 1.165) is 4.90 Å². The number of ether oxygens (including phenoxy) is 1. The number of hydrogen-bond acceptors (Lipinski definition) is 5. The fourth-order valence-corrected chi connectivity index (χ4v) is 3.49. The minimum Gasteiger partial charge on any atom is -0.504 e. The van der Waals surface area contributed by atoms with Crippen molar-refractivity contribution < 1.29 is 23.8 Å². The number of thioether (sulfide) groups is 1. The average molecular weight is 394 g/mol. The second-order valence-corrected chi connectivity index (χ2v) is 6.77. The Labute approximate surface area is 158 Å². The topological polar surface area (TPSA) is 66.8 Å². The molecule has 1 aliphatic heterocycles. The van der Waals surface area contributed by atoms with Gasteiger partial charge in [-0.3, -0.25) is 14.5 Å². The summed E-state index contributed by atoms with van der Waals surface area (Å²) in [5.41, 5.74) is 0.403. The molecule has 0 radical (unpaired) electrons. The highest BCUT2D eigenvalue weighted by atomic mass is 35.5. The molecule has 5 nitrogen and oxygen atoms in total. The molecule has 26 heavy (non-hydrogen) atoms. The van der Waals surface area contributed by atoms with Crippen molar-refractivity contribution in [3.05, 3.63) is 63.3 Å². The van der Waals surface area contributed by atoms with Gasteiger partial charge >= 0.3 is 0 Å². The minimum absolute atomic E-state index is 0.0712. The van der Waals surface area contributed by atoms with Crippen LogP contribution in [0.25, 0.3) is 6.08 Å². The lowest BCUT2D eigenvalue weighted by Crippen LogP contribution is -2.28. The summed E-state index contributed by atoms with van der Waals surface area (Å²) in [5.74, 6) is -1.07. The lowest BCUT2D eigenvalue weighted by molar-refractivity contribution is -0.123. The third-order valence-corrected chi connectivity index (χ3v) is 5.05. The van der Waals surface area contributed by atoms with E-state index in [4.69, 9.17) is 16.3 Å². The Balaban J connectivity index is 1.90. The first kappa shape index (κ1) is 18.3. The Hall–Kier alpha value is -2.51. The van der Waals surface area contributed by atoms with Gasteiger partial charge < -0.3 is 9.84 Å². The number of nitrogens with zero attached hydrogens (tertiary/aromatic N) is 1. The maximum absolute atomic E-state index is 13.9. The molecule has 1 N–H and O–H groups in total. The van der Waals surface area contributed by atoms with E-state index in [-0.39, 0.29) is 33.5 Å². The Morgan fingerprint density at radius 2 is 2.00 bits per heavy atom. The van der Waals surface area contributed by atoms with Crippen LogP contribution in [0.4, 0.5) is 9.18 Å². The number of carbonyl (C=O) groups excluding carboxylic acids is 2. The number of benzene rings is 2. The Morgan fingerprint density at radius 3 is 2.69 bits per heavy atom. The Morgan fingerprint density at radius 1 is 1.27 bits per heavy atom. The summed E-state index contributed by atoms with van der Waals surface area (Å²) in [7, 11) is 1.41. The standard InChI is InChI=1S/C18H13ClFNO4S/c1-25-14-7-2-4-10(16(14)22)8-15-17(23)21(18(24)26-15)9-11-12(19)5-3-6-13(11)20/h2-8,22H,9H2,1H3/b15-8-. The van der Waals surface area contributed by atoms with Gasteiger partial charge in [0, 0.05) is 16.1 Å². The van der Waals surface area contributed by atoms with E-state index < -0.39 is 17.0 Å². The highest BCUT2D eigenvalue weighted by Gasteiger charge is 2.36. The van der Waals surface area contributed by atoms with Crippen molar-refractivity contribution >= 4 is 40.6 Å². The van der Waals surface area contributed by atoms with E-state index in [9.17, 15) is 19.1 Å². The summed E-state index contributed by atoms with van der Waals surface area (Å²) in [6, 6.07) is 8.94. The number of carbonyl (C=O) groups is 2. The third kappa shape index (κ3) is 3.40. The highest BCUT2D eigenvalue weighted by molar-refractivity contribution is 8.18. The van der Waals surface area contributed by atoms with Crippen molar-refractivity contribution in [2.75, 3.05) is 7.11 Å². The molecule has 3 rings (SSSR count). The molecular formula is C18H13ClFNO4S. The van der Waals surface area contributed by atoms with Crippen LogP contribution in [0.15, 0.2) is 41.3 Å². The lowest BCUT2D eigenvalue weighted by Gasteiger charge is -2.14. The molecule has 2 aromatic rings. The van der Waals surface area contributed by atoms with E-state index in [1.807, 2.05) is 0 Å². The van der Waals surface area contributed by atoms with Crippen LogP contribution in [0.3, 0.4) is 0 Å². The number of methoxy groups -OCH3 is 1. The van der Waals surface area contributed by atoms with Crippen molar-refractivity contribution in [3.8, 4) is 11.5 Å². The fraction of sp³-hybridized carbons (Fsp3) is 0.111. The fourth-order valence-electron chi connectivity index (χ4n) is 2.44. The van der Waals surface area contributed by atoms with Gasteiger partial charge in [-0.15, -0.1) is 0 Å². The van der Waals surface area contributed by atoms with Gasteiger partial charge in [-0.25, -0.2) is 4.39 Å². The summed E-state index contributed by atoms with van der Waals surface area (Å²) in [5, 5.41) is 9.72. The molecule has 134 valence electrons. The molecular weight excluding hydrogens is 381 g/mol. The molecule has 0 aromatic heterocycles. The van der Waals surface area contributed by atoms with Crippen molar-refractivity contribution in [1.29, 1.82) is 0 Å². The van der Waals surface area contributed by atoms with Gasteiger partial charge in [0.25, 0.3) is 11.1 Å². The summed E-state index contributed by atoms with van der Waals surface area (Å²) < 4.78 is 19.0. The van der Waals surface area contributed by atoms with E-state index in [1.54, 1.807) is 18.2 Å². The molecule has 0 unspecified atom stereocenters. The summed E-state index contributed by atoms with van der Waals surface area (Å²) in [6.07, 6.45) is 1.39. The lowest BCUT2D eigenvalue weighted by atomic mass is 10.1. The highest BCUT2D eigenvalue weighted by Crippen LogP contribution is 2.37. The maximum Gasteiger partial charge on any atom is 0.293 e. The Bertz CT molecular complexity index is 911. The van der Waals surface area contributed by atoms with E-state index in [1.165, 1.54) is 31.4 Å². The molecule has 0 saturated carbocycles. The number of phenolic OH excluding ortho intramolecular Hbond substituents is 1. The zero-order valence-corrected chi connectivity index (χ0v) is 15.1. The van der Waals surface area contributed by atoms with Crippen molar-refractivity contribution in [3.63, 3.8) is 0 Å². The first-order valence-corrected chi connectivity index (χ1v) is 8.66. The van der Waals surface area contributed by atoms with Crippen LogP contribution in [-0.4, -0.2) is 28.3 Å². The quantitative estimate of drug-likeness (QED) is 0.778. The molecule has 1 fully saturated rings. The van der Waals surface area contributed by atoms with Crippen molar-refractivity contribution in [2.45, 2.75) is 6.54 Å². The maximum atomic E-state index is 13.9. The van der Waals surface area contributed by atoms with Crippen LogP contribution >= 0.6 is 23.4 Å². The molecule has 2 amide bonds. The molecule has 2 aromatic carbocycles. The average Bonchev–Trinajstić information content (AvgIpc) is 2.87. The number of imide groups is 1. The second-order valence-electron chi connectivity index (χ2n) is 5.37. The van der Waals surface area contributed by atoms with Gasteiger partial charge in [0.15, 0.2) is 11.5 Å². The van der Waals surface area contributed by atoms with Crippen LogP contribution in [-0.2, 0) is 11.3 Å². The van der Waals surface area contributed by atoms with E-state index in [2.05, 4.69) is 0 Å². The monoisotopic (exact) mass is 393 g/mol. The summed E-state index contributed by atoms with van der Waals surface area (Å²) in [6.45, 7) is -0.266. The summed E-state index contributed by atoms with van der Waals surface area (Å²) in [4.78, 5) is 25.8. The zero-order valence-electron chi connectivity index (χ0n) is 13.5. The number of aromatic hydroxyl groups is 1. The minimum atomic E-state index is -0.592. The first-order valence-electron chi connectivity index (χ1n) is 7.46. The van der Waals surface area contributed by atoms with Crippen molar-refractivity contribution in [1.82, 2.24) is 4.90 Å². The zero-order chi connectivity index (χ0) is 18.8. The van der Waals surface area contributed by atoms with Crippen LogP contribution in [0, 0.1) is 5.82 Å². The van der Waals surface area contributed by atoms with Gasteiger partial charge in [-0.2, -0.15) is 0 Å². The predicted octanol–water partition coefficient (Wildman–Crippen LogP) is 4.43. The second kappa shape index (κ2) is 7.39. The number of phenols is 1. The van der Waals surface area contributed by atoms with Gasteiger partial charge in [-0.05, 0) is 36.0 Å². The van der Waals surface area contributed by atoms with Crippen LogP contribution in [0.1, 0.15) is 11.1 Å². The smallest absolute Gasteiger partial charge is 0.293 e. The molecule has 0 spiro atoms. The molecule has 0 aliphatic carbocycles. The number of amides is 2. The first-order chi connectivity index (χ1) is 12.4. The molecule has 0 atom stereocenters. The van der Waals surface area contributed by atoms with E-state index >= 15 is 0 Å². The van der Waals surface area contributed by atoms with Gasteiger partial charge in [0.1, 0.15) is 5.82 Å². The van der Waals surface area contributed by atoms with Gasteiger partial charge in [0.05, 0.1) is 18.6 Å². The number of halogens is 2. The van der Waals surface area contributed by atoms with Gasteiger partial charge in [-0.1, -0.05) is 29.8 Å². The predicted molar refractivity (Wildman–Crippen MR) is 97.6 cm³/mol. The van der Waals surface area contributed by atoms with Gasteiger partial charge in [0.2, 0.25) is 0 Å². The number of hydrogen-bond donors (Lipinski definition) is 1. The van der Waals surface area contributed by atoms with E-state index in [0.29, 0.717) is 17.3 Å².